The third-order valence-corrected chi connectivity index (χ3v) is 2.33. The Labute approximate surface area is 99.1 Å². The number of hydrogen-bond acceptors (Lipinski definition) is 3. The fourth-order valence-electron chi connectivity index (χ4n) is 1.45. The number of nitrogens with two attached hydrogens (primary N) is 1. The highest BCUT2D eigenvalue weighted by Gasteiger charge is 2.04. The Hall–Kier alpha value is -1.94. The van der Waals surface area contributed by atoms with Gasteiger partial charge in [0.2, 0.25) is 5.88 Å². The molecule has 0 spiro atoms. The SMILES string of the molecule is Cc1cccc(Oc2ccc(CN)c(F)c2)n1. The molecule has 4 heteroatoms. The number of rotatable bonds is 3. The van der Waals surface area contributed by atoms with Crippen molar-refractivity contribution in [3.05, 3.63) is 53.5 Å². The largest absolute Gasteiger partial charge is 0.439 e. The molecule has 1 heterocycles. The maximum Gasteiger partial charge on any atom is 0.219 e. The summed E-state index contributed by atoms with van der Waals surface area (Å²) in [6.07, 6.45) is 0. The lowest BCUT2D eigenvalue weighted by Gasteiger charge is -2.06. The summed E-state index contributed by atoms with van der Waals surface area (Å²) in [7, 11) is 0. The molecule has 0 aliphatic carbocycles. The zero-order valence-corrected chi connectivity index (χ0v) is 9.48. The van der Waals surface area contributed by atoms with Crippen LogP contribution in [0.3, 0.4) is 0 Å². The van der Waals surface area contributed by atoms with Gasteiger partial charge in [0.15, 0.2) is 0 Å². The number of nitrogens with zero attached hydrogens (tertiary/aromatic N) is 1. The fraction of sp³-hybridized carbons (Fsp3) is 0.154. The first-order chi connectivity index (χ1) is 8.19. The van der Waals surface area contributed by atoms with E-state index in [9.17, 15) is 4.39 Å². The normalized spacial score (nSPS) is 10.3. The molecule has 2 N–H and O–H groups in total. The van der Waals surface area contributed by atoms with Crippen molar-refractivity contribution in [2.45, 2.75) is 13.5 Å². The second kappa shape index (κ2) is 4.93. The number of hydrogen-bond donors (Lipinski definition) is 1. The topological polar surface area (TPSA) is 48.1 Å². The van der Waals surface area contributed by atoms with Gasteiger partial charge in [-0.15, -0.1) is 0 Å². The number of benzene rings is 1. The van der Waals surface area contributed by atoms with Gasteiger partial charge in [-0.3, -0.25) is 0 Å². The number of ether oxygens (including phenoxy) is 1. The van der Waals surface area contributed by atoms with Gasteiger partial charge in [-0.05, 0) is 19.1 Å². The van der Waals surface area contributed by atoms with Gasteiger partial charge in [0.1, 0.15) is 11.6 Å². The Morgan fingerprint density at radius 2 is 2.12 bits per heavy atom. The molecule has 0 atom stereocenters. The van der Waals surface area contributed by atoms with Gasteiger partial charge in [0.25, 0.3) is 0 Å². The molecule has 2 rings (SSSR count). The Morgan fingerprint density at radius 1 is 1.29 bits per heavy atom. The average Bonchev–Trinajstić information content (AvgIpc) is 2.29. The first kappa shape index (κ1) is 11.5. The molecule has 0 bridgehead atoms. The summed E-state index contributed by atoms with van der Waals surface area (Å²) in [5, 5.41) is 0. The molecule has 0 aliphatic heterocycles. The van der Waals surface area contributed by atoms with E-state index in [4.69, 9.17) is 10.5 Å². The lowest BCUT2D eigenvalue weighted by atomic mass is 10.2. The second-order valence-electron chi connectivity index (χ2n) is 3.68. The van der Waals surface area contributed by atoms with Crippen LogP contribution in [0.5, 0.6) is 11.6 Å². The minimum atomic E-state index is -0.363. The van der Waals surface area contributed by atoms with Crippen LogP contribution in [-0.4, -0.2) is 4.98 Å². The van der Waals surface area contributed by atoms with E-state index >= 15 is 0 Å². The van der Waals surface area contributed by atoms with Gasteiger partial charge in [-0.2, -0.15) is 0 Å². The molecule has 0 unspecified atom stereocenters. The number of aromatic nitrogens is 1. The summed E-state index contributed by atoms with van der Waals surface area (Å²) in [6, 6.07) is 10.0. The van der Waals surface area contributed by atoms with Crippen molar-refractivity contribution >= 4 is 0 Å². The molecule has 1 aromatic heterocycles. The lowest BCUT2D eigenvalue weighted by Crippen LogP contribution is -1.99. The fourth-order valence-corrected chi connectivity index (χ4v) is 1.45. The molecular formula is C13H13FN2O. The summed E-state index contributed by atoms with van der Waals surface area (Å²) >= 11 is 0. The van der Waals surface area contributed by atoms with Gasteiger partial charge < -0.3 is 10.5 Å². The van der Waals surface area contributed by atoms with E-state index in [2.05, 4.69) is 4.98 Å². The molecule has 0 saturated heterocycles. The summed E-state index contributed by atoms with van der Waals surface area (Å²) in [5.41, 5.74) is 6.70. The van der Waals surface area contributed by atoms with Crippen LogP contribution in [0.2, 0.25) is 0 Å². The smallest absolute Gasteiger partial charge is 0.219 e. The Morgan fingerprint density at radius 3 is 2.76 bits per heavy atom. The van der Waals surface area contributed by atoms with Crippen molar-refractivity contribution in [2.24, 2.45) is 5.73 Å². The maximum absolute atomic E-state index is 13.5. The van der Waals surface area contributed by atoms with Crippen molar-refractivity contribution in [3.8, 4) is 11.6 Å². The van der Waals surface area contributed by atoms with E-state index in [1.165, 1.54) is 6.07 Å². The third-order valence-electron chi connectivity index (χ3n) is 2.33. The van der Waals surface area contributed by atoms with Crippen molar-refractivity contribution in [3.63, 3.8) is 0 Å². The molecule has 3 nitrogen and oxygen atoms in total. The standard InChI is InChI=1S/C13H13FN2O/c1-9-3-2-4-13(16-9)17-11-6-5-10(8-15)12(14)7-11/h2-7H,8,15H2,1H3. The van der Waals surface area contributed by atoms with Crippen LogP contribution in [0, 0.1) is 12.7 Å². The van der Waals surface area contributed by atoms with Crippen molar-refractivity contribution in [2.75, 3.05) is 0 Å². The van der Waals surface area contributed by atoms with E-state index in [1.807, 2.05) is 19.1 Å². The van der Waals surface area contributed by atoms with E-state index in [1.54, 1.807) is 18.2 Å². The van der Waals surface area contributed by atoms with E-state index in [-0.39, 0.29) is 12.4 Å². The summed E-state index contributed by atoms with van der Waals surface area (Å²) in [6.45, 7) is 2.04. The van der Waals surface area contributed by atoms with Crippen molar-refractivity contribution < 1.29 is 9.13 Å². The minimum absolute atomic E-state index is 0.175. The van der Waals surface area contributed by atoms with Crippen LogP contribution in [0.25, 0.3) is 0 Å². The van der Waals surface area contributed by atoms with Crippen LogP contribution in [0.4, 0.5) is 4.39 Å². The lowest BCUT2D eigenvalue weighted by molar-refractivity contribution is 0.456. The molecule has 0 saturated carbocycles. The highest BCUT2D eigenvalue weighted by atomic mass is 19.1. The third kappa shape index (κ3) is 2.79. The van der Waals surface area contributed by atoms with Crippen LogP contribution in [0.1, 0.15) is 11.3 Å². The summed E-state index contributed by atoms with van der Waals surface area (Å²) in [4.78, 5) is 4.17. The summed E-state index contributed by atoms with van der Waals surface area (Å²) < 4.78 is 18.9. The molecule has 0 amide bonds. The molecule has 1 aromatic carbocycles. The molecule has 2 aromatic rings. The van der Waals surface area contributed by atoms with Crippen LogP contribution < -0.4 is 10.5 Å². The predicted octanol–water partition coefficient (Wildman–Crippen LogP) is 2.78. The maximum atomic E-state index is 13.5. The first-order valence-electron chi connectivity index (χ1n) is 5.29. The summed E-state index contributed by atoms with van der Waals surface area (Å²) in [5.74, 6) is 0.500. The number of pyridine rings is 1. The number of aryl methyl sites for hydroxylation is 1. The Kier molecular flexibility index (Phi) is 3.35. The molecule has 0 fully saturated rings. The van der Waals surface area contributed by atoms with E-state index < -0.39 is 0 Å². The van der Waals surface area contributed by atoms with Gasteiger partial charge >= 0.3 is 0 Å². The monoisotopic (exact) mass is 232 g/mol. The van der Waals surface area contributed by atoms with Gasteiger partial charge in [0, 0.05) is 29.9 Å². The second-order valence-corrected chi connectivity index (χ2v) is 3.68. The van der Waals surface area contributed by atoms with Gasteiger partial charge in [-0.1, -0.05) is 12.1 Å². The zero-order chi connectivity index (χ0) is 12.3. The van der Waals surface area contributed by atoms with E-state index in [0.29, 0.717) is 17.2 Å². The minimum Gasteiger partial charge on any atom is -0.439 e. The van der Waals surface area contributed by atoms with Crippen LogP contribution in [-0.2, 0) is 6.54 Å². The quantitative estimate of drug-likeness (QED) is 0.885. The molecule has 0 aliphatic rings. The molecule has 0 radical (unpaired) electrons. The van der Waals surface area contributed by atoms with Crippen molar-refractivity contribution in [1.29, 1.82) is 0 Å². The van der Waals surface area contributed by atoms with Gasteiger partial charge in [-0.25, -0.2) is 9.37 Å². The first-order valence-corrected chi connectivity index (χ1v) is 5.29. The van der Waals surface area contributed by atoms with E-state index in [0.717, 1.165) is 5.69 Å². The van der Waals surface area contributed by atoms with Crippen LogP contribution in [0.15, 0.2) is 36.4 Å². The van der Waals surface area contributed by atoms with Crippen LogP contribution >= 0.6 is 0 Å². The average molecular weight is 232 g/mol. The zero-order valence-electron chi connectivity index (χ0n) is 9.48. The molecule has 17 heavy (non-hydrogen) atoms. The Bertz CT molecular complexity index is 529. The highest BCUT2D eigenvalue weighted by molar-refractivity contribution is 5.32. The Balaban J connectivity index is 2.22. The molecule has 88 valence electrons. The van der Waals surface area contributed by atoms with Crippen molar-refractivity contribution in [1.82, 2.24) is 4.98 Å². The highest BCUT2D eigenvalue weighted by Crippen LogP contribution is 2.22. The molecular weight excluding hydrogens is 219 g/mol. The van der Waals surface area contributed by atoms with Gasteiger partial charge in [0.05, 0.1) is 0 Å². The predicted molar refractivity (Wildman–Crippen MR) is 63.3 cm³/mol. The number of halogens is 1.